The van der Waals surface area contributed by atoms with E-state index < -0.39 is 10.0 Å². The number of fused-ring (bicyclic) bond motifs is 1. The predicted octanol–water partition coefficient (Wildman–Crippen LogP) is 4.52. The molecule has 0 amide bonds. The standard InChI is InChI=1S/C22H22N2O3S/c1-27-20-11-9-19(10-12-20)24-28(25,26)21-15-18(16-6-3-2-4-7-16)14-17-8-5-13-23-22(17)21/h2-4,6-7,9-12,14-15,23-24H,5,8,13H2,1H3. The summed E-state index contributed by atoms with van der Waals surface area (Å²) >= 11 is 0. The first-order valence-electron chi connectivity index (χ1n) is 9.20. The van der Waals surface area contributed by atoms with E-state index in [-0.39, 0.29) is 4.90 Å². The van der Waals surface area contributed by atoms with Gasteiger partial charge >= 0.3 is 0 Å². The van der Waals surface area contributed by atoms with Crippen LogP contribution in [0.15, 0.2) is 71.6 Å². The van der Waals surface area contributed by atoms with E-state index in [1.54, 1.807) is 37.4 Å². The average Bonchev–Trinajstić information content (AvgIpc) is 2.74. The lowest BCUT2D eigenvalue weighted by molar-refractivity contribution is 0.415. The highest BCUT2D eigenvalue weighted by Crippen LogP contribution is 2.35. The van der Waals surface area contributed by atoms with Crippen molar-refractivity contribution in [2.24, 2.45) is 0 Å². The molecule has 6 heteroatoms. The van der Waals surface area contributed by atoms with Gasteiger partial charge in [0.1, 0.15) is 10.6 Å². The summed E-state index contributed by atoms with van der Waals surface area (Å²) in [6.07, 6.45) is 1.84. The van der Waals surface area contributed by atoms with Crippen LogP contribution in [0.4, 0.5) is 11.4 Å². The summed E-state index contributed by atoms with van der Waals surface area (Å²) in [5, 5.41) is 3.28. The highest BCUT2D eigenvalue weighted by Gasteiger charge is 2.24. The van der Waals surface area contributed by atoms with Gasteiger partial charge < -0.3 is 10.1 Å². The molecule has 3 aromatic carbocycles. The molecule has 1 aliphatic heterocycles. The summed E-state index contributed by atoms with van der Waals surface area (Å²) in [7, 11) is -2.18. The van der Waals surface area contributed by atoms with Crippen molar-refractivity contribution in [1.29, 1.82) is 0 Å². The lowest BCUT2D eigenvalue weighted by atomic mass is 9.97. The topological polar surface area (TPSA) is 67.4 Å². The minimum Gasteiger partial charge on any atom is -0.497 e. The van der Waals surface area contributed by atoms with E-state index in [9.17, 15) is 8.42 Å². The van der Waals surface area contributed by atoms with Crippen LogP contribution in [0.2, 0.25) is 0 Å². The van der Waals surface area contributed by atoms with E-state index in [2.05, 4.69) is 16.1 Å². The van der Waals surface area contributed by atoms with Gasteiger partial charge in [0, 0.05) is 12.2 Å². The highest BCUT2D eigenvalue weighted by atomic mass is 32.2. The van der Waals surface area contributed by atoms with Gasteiger partial charge in [0.15, 0.2) is 0 Å². The molecule has 0 bridgehead atoms. The van der Waals surface area contributed by atoms with Crippen molar-refractivity contribution in [1.82, 2.24) is 0 Å². The second-order valence-corrected chi connectivity index (χ2v) is 8.39. The Labute approximate surface area is 165 Å². The van der Waals surface area contributed by atoms with Crippen LogP contribution in [0.25, 0.3) is 11.1 Å². The third-order valence-corrected chi connectivity index (χ3v) is 6.25. The Hall–Kier alpha value is -2.99. The second kappa shape index (κ2) is 7.56. The Morgan fingerprint density at radius 1 is 0.964 bits per heavy atom. The fourth-order valence-electron chi connectivity index (χ4n) is 3.44. The normalized spacial score (nSPS) is 13.3. The first kappa shape index (κ1) is 18.4. The van der Waals surface area contributed by atoms with Crippen molar-refractivity contribution in [2.45, 2.75) is 17.7 Å². The second-order valence-electron chi connectivity index (χ2n) is 6.74. The largest absolute Gasteiger partial charge is 0.497 e. The minimum atomic E-state index is -3.76. The molecule has 0 radical (unpaired) electrons. The number of ether oxygens (including phenoxy) is 1. The third kappa shape index (κ3) is 3.68. The average molecular weight is 394 g/mol. The number of hydrogen-bond donors (Lipinski definition) is 2. The summed E-state index contributed by atoms with van der Waals surface area (Å²) < 4.78 is 34.3. The molecule has 1 heterocycles. The zero-order valence-electron chi connectivity index (χ0n) is 15.6. The van der Waals surface area contributed by atoms with E-state index >= 15 is 0 Å². The summed E-state index contributed by atoms with van der Waals surface area (Å²) in [5.41, 5.74) is 4.13. The van der Waals surface area contributed by atoms with Gasteiger partial charge in [0.05, 0.1) is 12.8 Å². The van der Waals surface area contributed by atoms with E-state index in [4.69, 9.17) is 4.74 Å². The minimum absolute atomic E-state index is 0.277. The molecule has 1 aliphatic rings. The fourth-order valence-corrected chi connectivity index (χ4v) is 4.75. The van der Waals surface area contributed by atoms with Crippen molar-refractivity contribution in [3.8, 4) is 16.9 Å². The van der Waals surface area contributed by atoms with E-state index in [1.807, 2.05) is 30.3 Å². The number of benzene rings is 3. The Morgan fingerprint density at radius 2 is 1.71 bits per heavy atom. The van der Waals surface area contributed by atoms with Gasteiger partial charge in [0.2, 0.25) is 0 Å². The van der Waals surface area contributed by atoms with Gasteiger partial charge in [-0.3, -0.25) is 4.72 Å². The summed E-state index contributed by atoms with van der Waals surface area (Å²) in [5.74, 6) is 0.674. The lowest BCUT2D eigenvalue weighted by Crippen LogP contribution is -2.20. The maximum atomic E-state index is 13.2. The first-order valence-corrected chi connectivity index (χ1v) is 10.7. The maximum Gasteiger partial charge on any atom is 0.263 e. The van der Waals surface area contributed by atoms with Crippen LogP contribution in [0.1, 0.15) is 12.0 Å². The number of methoxy groups -OCH3 is 1. The Kier molecular flexibility index (Phi) is 4.96. The molecular formula is C22H22N2O3S. The molecule has 5 nitrogen and oxygen atoms in total. The molecule has 2 N–H and O–H groups in total. The van der Waals surface area contributed by atoms with Crippen molar-refractivity contribution in [3.05, 3.63) is 72.3 Å². The number of nitrogens with one attached hydrogen (secondary N) is 2. The molecule has 0 fully saturated rings. The van der Waals surface area contributed by atoms with Crippen LogP contribution in [0.5, 0.6) is 5.75 Å². The third-order valence-electron chi connectivity index (χ3n) is 4.85. The maximum absolute atomic E-state index is 13.2. The number of aryl methyl sites for hydroxylation is 1. The van der Waals surface area contributed by atoms with E-state index in [0.717, 1.165) is 36.1 Å². The smallest absolute Gasteiger partial charge is 0.263 e. The van der Waals surface area contributed by atoms with Gasteiger partial charge in [-0.1, -0.05) is 30.3 Å². The molecule has 0 aliphatic carbocycles. The van der Waals surface area contributed by atoms with Gasteiger partial charge in [-0.05, 0) is 65.9 Å². The van der Waals surface area contributed by atoms with Crippen molar-refractivity contribution in [3.63, 3.8) is 0 Å². The molecule has 144 valence electrons. The molecule has 0 unspecified atom stereocenters. The molecule has 28 heavy (non-hydrogen) atoms. The number of anilines is 2. The summed E-state index contributed by atoms with van der Waals surface area (Å²) in [6.45, 7) is 0.767. The fraction of sp³-hybridized carbons (Fsp3) is 0.182. The number of sulfonamides is 1. The Morgan fingerprint density at radius 3 is 2.43 bits per heavy atom. The molecule has 0 saturated carbocycles. The molecule has 0 spiro atoms. The zero-order chi connectivity index (χ0) is 19.6. The molecule has 0 atom stereocenters. The number of rotatable bonds is 5. The van der Waals surface area contributed by atoms with Crippen LogP contribution < -0.4 is 14.8 Å². The molecule has 3 aromatic rings. The monoisotopic (exact) mass is 394 g/mol. The first-order chi connectivity index (χ1) is 13.6. The molecule has 0 aromatic heterocycles. The van der Waals surface area contributed by atoms with E-state index in [1.165, 1.54) is 0 Å². The van der Waals surface area contributed by atoms with Crippen molar-refractivity contribution < 1.29 is 13.2 Å². The van der Waals surface area contributed by atoms with Crippen LogP contribution in [0.3, 0.4) is 0 Å². The van der Waals surface area contributed by atoms with Crippen LogP contribution >= 0.6 is 0 Å². The van der Waals surface area contributed by atoms with Crippen molar-refractivity contribution >= 4 is 21.4 Å². The van der Waals surface area contributed by atoms with Crippen molar-refractivity contribution in [2.75, 3.05) is 23.7 Å². The lowest BCUT2D eigenvalue weighted by Gasteiger charge is -2.23. The van der Waals surface area contributed by atoms with Gasteiger partial charge in [-0.25, -0.2) is 8.42 Å². The summed E-state index contributed by atoms with van der Waals surface area (Å²) in [6, 6.07) is 20.5. The SMILES string of the molecule is COc1ccc(NS(=O)(=O)c2cc(-c3ccccc3)cc3c2NCCC3)cc1. The Bertz CT molecular complexity index is 1080. The van der Waals surface area contributed by atoms with Gasteiger partial charge in [0.25, 0.3) is 10.0 Å². The quantitative estimate of drug-likeness (QED) is 0.668. The Balaban J connectivity index is 1.78. The number of hydrogen-bond acceptors (Lipinski definition) is 4. The van der Waals surface area contributed by atoms with E-state index in [0.29, 0.717) is 17.1 Å². The zero-order valence-corrected chi connectivity index (χ0v) is 16.4. The van der Waals surface area contributed by atoms with Crippen LogP contribution in [-0.4, -0.2) is 22.1 Å². The predicted molar refractivity (Wildman–Crippen MR) is 112 cm³/mol. The highest BCUT2D eigenvalue weighted by molar-refractivity contribution is 7.92. The summed E-state index contributed by atoms with van der Waals surface area (Å²) in [4.78, 5) is 0.277. The van der Waals surface area contributed by atoms with Gasteiger partial charge in [-0.2, -0.15) is 0 Å². The molecule has 4 rings (SSSR count). The van der Waals surface area contributed by atoms with Crippen LogP contribution in [-0.2, 0) is 16.4 Å². The molecule has 0 saturated heterocycles. The molecular weight excluding hydrogens is 372 g/mol. The van der Waals surface area contributed by atoms with Crippen LogP contribution in [0, 0.1) is 0 Å². The van der Waals surface area contributed by atoms with Gasteiger partial charge in [-0.15, -0.1) is 0 Å².